The smallest absolute Gasteiger partial charge is 0.245 e. The van der Waals surface area contributed by atoms with E-state index in [1.54, 1.807) is 0 Å². The molecule has 0 aliphatic rings. The van der Waals surface area contributed by atoms with Crippen LogP contribution in [-0.2, 0) is 0 Å². The third kappa shape index (κ3) is 1.79. The predicted octanol–water partition coefficient (Wildman–Crippen LogP) is 1.75. The van der Waals surface area contributed by atoms with E-state index < -0.39 is 18.6 Å². The van der Waals surface area contributed by atoms with E-state index in [9.17, 15) is 22.0 Å². The number of hydrogen-bond donors (Lipinski definition) is 0. The number of rotatable bonds is 3. The van der Waals surface area contributed by atoms with Gasteiger partial charge in [0.05, 0.1) is 0 Å². The fourth-order valence-electron chi connectivity index (χ4n) is 0.408. The van der Waals surface area contributed by atoms with Gasteiger partial charge in [-0.2, -0.15) is 17.6 Å². The van der Waals surface area contributed by atoms with Gasteiger partial charge in [0.15, 0.2) is 6.67 Å². The molecule has 0 aliphatic carbocycles. The van der Waals surface area contributed by atoms with Crippen LogP contribution in [-0.4, -0.2) is 37.6 Å². The second-order valence-electron chi connectivity index (χ2n) is 2.27. The van der Waals surface area contributed by atoms with Crippen LogP contribution < -0.4 is 0 Å². The Morgan fingerprint density at radius 2 is 1.45 bits per heavy atom. The molecule has 0 atom stereocenters. The molecule has 0 radical (unpaired) electrons. The summed E-state index contributed by atoms with van der Waals surface area (Å²) in [6.45, 7) is -2.36. The lowest BCUT2D eigenvalue weighted by Gasteiger charge is -2.29. The molecule has 0 spiro atoms. The quantitative estimate of drug-likeness (QED) is 0.469. The van der Waals surface area contributed by atoms with Gasteiger partial charge in [-0.1, -0.05) is 0 Å². The Morgan fingerprint density at radius 3 is 1.55 bits per heavy atom. The van der Waals surface area contributed by atoms with Crippen molar-refractivity contribution >= 4 is 0 Å². The summed E-state index contributed by atoms with van der Waals surface area (Å²) in [6, 6.07) is -4.43. The molecule has 11 heavy (non-hydrogen) atoms. The van der Waals surface area contributed by atoms with Gasteiger partial charge >= 0.3 is 12.0 Å². The molecule has 0 aromatic heterocycles. The molecule has 0 saturated heterocycles. The predicted molar refractivity (Wildman–Crippen MR) is 29.6 cm³/mol. The van der Waals surface area contributed by atoms with Crippen LogP contribution in [0.3, 0.4) is 0 Å². The monoisotopic (exact) mass is 177 g/mol. The van der Waals surface area contributed by atoms with Crippen molar-refractivity contribution in [3.8, 4) is 0 Å². The van der Waals surface area contributed by atoms with Crippen LogP contribution in [0.25, 0.3) is 0 Å². The fourth-order valence-corrected chi connectivity index (χ4v) is 0.408. The van der Waals surface area contributed by atoms with Crippen LogP contribution in [0.4, 0.5) is 22.0 Å². The van der Waals surface area contributed by atoms with Crippen molar-refractivity contribution in [2.75, 3.05) is 20.8 Å². The molecule has 0 heterocycles. The molecule has 6 heteroatoms. The molecule has 0 amide bonds. The first-order valence-electron chi connectivity index (χ1n) is 2.74. The van der Waals surface area contributed by atoms with Crippen molar-refractivity contribution < 1.29 is 22.0 Å². The van der Waals surface area contributed by atoms with Gasteiger partial charge in [-0.3, -0.25) is 0 Å². The zero-order valence-electron chi connectivity index (χ0n) is 6.04. The van der Waals surface area contributed by atoms with Gasteiger partial charge in [0.2, 0.25) is 0 Å². The SMILES string of the molecule is CN(C)C(F)(F)C(F)(F)CF. The molecule has 0 unspecified atom stereocenters. The Kier molecular flexibility index (Phi) is 2.82. The number of nitrogens with zero attached hydrogens (tertiary/aromatic N) is 1. The van der Waals surface area contributed by atoms with Crippen LogP contribution in [0.5, 0.6) is 0 Å². The van der Waals surface area contributed by atoms with E-state index in [1.165, 1.54) is 0 Å². The van der Waals surface area contributed by atoms with E-state index in [0.29, 0.717) is 0 Å². The second kappa shape index (κ2) is 2.92. The van der Waals surface area contributed by atoms with Gasteiger partial charge in [-0.05, 0) is 14.1 Å². The Balaban J connectivity index is 4.53. The second-order valence-corrected chi connectivity index (χ2v) is 2.27. The number of hydrogen-bond acceptors (Lipinski definition) is 1. The van der Waals surface area contributed by atoms with E-state index in [0.717, 1.165) is 14.1 Å². The fraction of sp³-hybridized carbons (Fsp3) is 1.00. The van der Waals surface area contributed by atoms with Gasteiger partial charge in [0.1, 0.15) is 0 Å². The summed E-state index contributed by atoms with van der Waals surface area (Å²) >= 11 is 0. The molecule has 0 bridgehead atoms. The Bertz CT molecular complexity index is 133. The zero-order chi connectivity index (χ0) is 9.28. The van der Waals surface area contributed by atoms with E-state index in [-0.39, 0.29) is 4.90 Å². The van der Waals surface area contributed by atoms with Crippen molar-refractivity contribution in [2.24, 2.45) is 0 Å². The molecule has 0 saturated carbocycles. The summed E-state index contributed by atoms with van der Waals surface area (Å²) < 4.78 is 59.9. The average Bonchev–Trinajstić information content (AvgIpc) is 1.87. The van der Waals surface area contributed by atoms with Crippen molar-refractivity contribution in [1.29, 1.82) is 0 Å². The minimum Gasteiger partial charge on any atom is -0.245 e. The standard InChI is InChI=1S/C5H8F5N/c1-11(2)5(9,10)4(7,8)3-6/h3H2,1-2H3. The Labute approximate surface area is 60.8 Å². The lowest BCUT2D eigenvalue weighted by atomic mass is 10.3. The molecule has 1 nitrogen and oxygen atoms in total. The van der Waals surface area contributed by atoms with E-state index in [4.69, 9.17) is 0 Å². The van der Waals surface area contributed by atoms with Gasteiger partial charge in [-0.15, -0.1) is 0 Å². The molecular formula is C5H8F5N. The molecule has 0 aliphatic heterocycles. The maximum absolute atomic E-state index is 12.3. The van der Waals surface area contributed by atoms with Crippen LogP contribution in [0.1, 0.15) is 0 Å². The van der Waals surface area contributed by atoms with Crippen molar-refractivity contribution in [3.05, 3.63) is 0 Å². The zero-order valence-corrected chi connectivity index (χ0v) is 6.04. The topological polar surface area (TPSA) is 3.24 Å². The van der Waals surface area contributed by atoms with Gasteiger partial charge < -0.3 is 0 Å². The normalized spacial score (nSPS) is 14.2. The first-order chi connectivity index (χ1) is 4.75. The molecule has 68 valence electrons. The molecule has 0 fully saturated rings. The van der Waals surface area contributed by atoms with E-state index >= 15 is 0 Å². The van der Waals surface area contributed by atoms with Crippen molar-refractivity contribution in [3.63, 3.8) is 0 Å². The highest BCUT2D eigenvalue weighted by atomic mass is 19.3. The molecule has 0 rings (SSSR count). The summed E-state index contributed by atoms with van der Waals surface area (Å²) in [6.07, 6.45) is 0. The lowest BCUT2D eigenvalue weighted by molar-refractivity contribution is -0.277. The third-order valence-electron chi connectivity index (χ3n) is 1.17. The minimum absolute atomic E-state index is 0.0213. The van der Waals surface area contributed by atoms with Crippen molar-refractivity contribution in [2.45, 2.75) is 12.0 Å². The largest absolute Gasteiger partial charge is 0.370 e. The molecule has 0 aromatic carbocycles. The van der Waals surface area contributed by atoms with Crippen molar-refractivity contribution in [1.82, 2.24) is 4.90 Å². The van der Waals surface area contributed by atoms with E-state index in [1.807, 2.05) is 0 Å². The molecular weight excluding hydrogens is 169 g/mol. The van der Waals surface area contributed by atoms with Crippen LogP contribution >= 0.6 is 0 Å². The summed E-state index contributed by atoms with van der Waals surface area (Å²) in [5.41, 5.74) is 0. The third-order valence-corrected chi connectivity index (χ3v) is 1.17. The summed E-state index contributed by atoms with van der Waals surface area (Å²) in [5, 5.41) is 0. The minimum atomic E-state index is -4.61. The molecule has 0 N–H and O–H groups in total. The van der Waals surface area contributed by atoms with Gasteiger partial charge in [-0.25, -0.2) is 9.29 Å². The van der Waals surface area contributed by atoms with Crippen LogP contribution in [0.2, 0.25) is 0 Å². The highest BCUT2D eigenvalue weighted by molar-refractivity contribution is 4.81. The highest BCUT2D eigenvalue weighted by Crippen LogP contribution is 2.35. The average molecular weight is 177 g/mol. The maximum Gasteiger partial charge on any atom is 0.370 e. The Hall–Kier alpha value is -0.390. The summed E-state index contributed by atoms with van der Waals surface area (Å²) in [4.78, 5) is -0.0213. The van der Waals surface area contributed by atoms with Crippen LogP contribution in [0, 0.1) is 0 Å². The number of alkyl halides is 5. The lowest BCUT2D eigenvalue weighted by Crippen LogP contribution is -2.52. The maximum atomic E-state index is 12.3. The Morgan fingerprint density at radius 1 is 1.09 bits per heavy atom. The van der Waals surface area contributed by atoms with Gasteiger partial charge in [0.25, 0.3) is 0 Å². The summed E-state index contributed by atoms with van der Waals surface area (Å²) in [5.74, 6) is -4.61. The van der Waals surface area contributed by atoms with Crippen LogP contribution in [0.15, 0.2) is 0 Å². The van der Waals surface area contributed by atoms with E-state index in [2.05, 4.69) is 0 Å². The summed E-state index contributed by atoms with van der Waals surface area (Å²) in [7, 11) is 1.51. The number of halogens is 5. The van der Waals surface area contributed by atoms with Gasteiger partial charge in [0, 0.05) is 0 Å². The first-order valence-corrected chi connectivity index (χ1v) is 2.74. The molecule has 0 aromatic rings. The highest BCUT2D eigenvalue weighted by Gasteiger charge is 2.58. The first kappa shape index (κ1) is 10.6.